The number of amides is 2. The molecule has 1 aromatic rings. The molecule has 0 aliphatic carbocycles. The van der Waals surface area contributed by atoms with Gasteiger partial charge in [0.15, 0.2) is 6.10 Å². The monoisotopic (exact) mass is 284 g/mol. The van der Waals surface area contributed by atoms with E-state index >= 15 is 0 Å². The Hall–Kier alpha value is -2.15. The van der Waals surface area contributed by atoms with Crippen molar-refractivity contribution in [2.24, 2.45) is 0 Å². The average Bonchev–Trinajstić information content (AvgIpc) is 2.40. The van der Waals surface area contributed by atoms with E-state index in [2.05, 4.69) is 10.6 Å². The summed E-state index contributed by atoms with van der Waals surface area (Å²) in [4.78, 5) is 21.7. The van der Waals surface area contributed by atoms with Crippen LogP contribution in [0.4, 0.5) is 9.18 Å². The molecule has 110 valence electrons. The highest BCUT2D eigenvalue weighted by atomic mass is 19.1. The Kier molecular flexibility index (Phi) is 6.45. The number of carboxylic acid groups (broad SMARTS) is 1. The van der Waals surface area contributed by atoms with Crippen molar-refractivity contribution in [1.82, 2.24) is 10.6 Å². The summed E-state index contributed by atoms with van der Waals surface area (Å²) in [5.41, 5.74) is 0.896. The predicted molar refractivity (Wildman–Crippen MR) is 69.8 cm³/mol. The zero-order chi connectivity index (χ0) is 15.0. The molecule has 1 aromatic carbocycles. The van der Waals surface area contributed by atoms with E-state index in [-0.39, 0.29) is 18.8 Å². The minimum atomic E-state index is -1.48. The Balaban J connectivity index is 2.14. The molecule has 0 radical (unpaired) electrons. The lowest BCUT2D eigenvalue weighted by atomic mass is 10.1. The largest absolute Gasteiger partial charge is 0.479 e. The molecule has 1 rings (SSSR count). The minimum Gasteiger partial charge on any atom is -0.479 e. The molecule has 0 aliphatic heterocycles. The Morgan fingerprint density at radius 3 is 2.35 bits per heavy atom. The lowest BCUT2D eigenvalue weighted by Gasteiger charge is -2.09. The van der Waals surface area contributed by atoms with Gasteiger partial charge in [-0.25, -0.2) is 14.0 Å². The summed E-state index contributed by atoms with van der Waals surface area (Å²) in [5, 5.41) is 22.4. The molecule has 0 heterocycles. The highest BCUT2D eigenvalue weighted by Crippen LogP contribution is 2.02. The molecule has 0 fully saturated rings. The van der Waals surface area contributed by atoms with Gasteiger partial charge in [-0.2, -0.15) is 0 Å². The van der Waals surface area contributed by atoms with Gasteiger partial charge in [0.05, 0.1) is 0 Å². The molecule has 0 saturated heterocycles. The molecule has 7 heteroatoms. The first kappa shape index (κ1) is 15.9. The van der Waals surface area contributed by atoms with Crippen LogP contribution in [0.2, 0.25) is 0 Å². The molecule has 0 saturated carbocycles. The van der Waals surface area contributed by atoms with E-state index in [0.717, 1.165) is 5.56 Å². The van der Waals surface area contributed by atoms with E-state index < -0.39 is 18.1 Å². The summed E-state index contributed by atoms with van der Waals surface area (Å²) >= 11 is 0. The van der Waals surface area contributed by atoms with E-state index in [1.54, 1.807) is 12.1 Å². The first-order chi connectivity index (χ1) is 9.49. The number of rotatable bonds is 7. The van der Waals surface area contributed by atoms with Gasteiger partial charge in [0.1, 0.15) is 5.82 Å². The number of benzene rings is 1. The number of aliphatic hydroxyl groups is 1. The zero-order valence-corrected chi connectivity index (χ0v) is 10.8. The van der Waals surface area contributed by atoms with Crippen LogP contribution in [0.5, 0.6) is 0 Å². The highest BCUT2D eigenvalue weighted by Gasteiger charge is 2.12. The van der Waals surface area contributed by atoms with Gasteiger partial charge in [-0.3, -0.25) is 0 Å². The molecule has 2 amide bonds. The van der Waals surface area contributed by atoms with E-state index in [1.165, 1.54) is 12.1 Å². The molecule has 6 nitrogen and oxygen atoms in total. The maximum Gasteiger partial charge on any atom is 0.332 e. The maximum absolute atomic E-state index is 12.7. The van der Waals surface area contributed by atoms with E-state index in [4.69, 9.17) is 10.2 Å². The van der Waals surface area contributed by atoms with E-state index in [1.807, 2.05) is 0 Å². The van der Waals surface area contributed by atoms with Crippen LogP contribution < -0.4 is 10.6 Å². The summed E-state index contributed by atoms with van der Waals surface area (Å²) in [5.74, 6) is -1.63. The van der Waals surface area contributed by atoms with Gasteiger partial charge in [0, 0.05) is 19.5 Å². The fourth-order valence-electron chi connectivity index (χ4n) is 1.48. The van der Waals surface area contributed by atoms with Gasteiger partial charge < -0.3 is 20.8 Å². The Bertz CT molecular complexity index is 450. The number of nitrogens with one attached hydrogen (secondary N) is 2. The summed E-state index contributed by atoms with van der Waals surface area (Å²) in [7, 11) is 0. The Morgan fingerprint density at radius 2 is 1.75 bits per heavy atom. The second-order valence-corrected chi connectivity index (χ2v) is 4.20. The number of hydrogen-bond acceptors (Lipinski definition) is 3. The lowest BCUT2D eigenvalue weighted by Crippen LogP contribution is -2.38. The van der Waals surface area contributed by atoms with Crippen molar-refractivity contribution in [3.05, 3.63) is 35.6 Å². The standard InChI is InChI=1S/C13H17FN2O4/c14-10-3-1-9(2-4-10)5-7-15-13(20)16-8-6-11(17)12(18)19/h1-4,11,17H,5-8H2,(H,18,19)(H2,15,16,20). The van der Waals surface area contributed by atoms with Crippen LogP contribution in [0.3, 0.4) is 0 Å². The summed E-state index contributed by atoms with van der Waals surface area (Å²) in [6.45, 7) is 0.439. The molecule has 0 aliphatic rings. The van der Waals surface area contributed by atoms with Crippen molar-refractivity contribution in [3.63, 3.8) is 0 Å². The van der Waals surface area contributed by atoms with Crippen LogP contribution in [0.1, 0.15) is 12.0 Å². The van der Waals surface area contributed by atoms with Crippen molar-refractivity contribution in [1.29, 1.82) is 0 Å². The summed E-state index contributed by atoms with van der Waals surface area (Å²) < 4.78 is 12.7. The summed E-state index contributed by atoms with van der Waals surface area (Å²) in [6, 6.07) is 5.53. The smallest absolute Gasteiger partial charge is 0.332 e. The quantitative estimate of drug-likeness (QED) is 0.586. The first-order valence-electron chi connectivity index (χ1n) is 6.16. The van der Waals surface area contributed by atoms with Gasteiger partial charge in [-0.05, 0) is 24.1 Å². The second-order valence-electron chi connectivity index (χ2n) is 4.20. The fraction of sp³-hybridized carbons (Fsp3) is 0.385. The van der Waals surface area contributed by atoms with Gasteiger partial charge in [0.2, 0.25) is 0 Å². The maximum atomic E-state index is 12.7. The predicted octanol–water partition coefficient (Wildman–Crippen LogP) is 0.503. The van der Waals surface area contributed by atoms with Gasteiger partial charge in [-0.15, -0.1) is 0 Å². The lowest BCUT2D eigenvalue weighted by molar-refractivity contribution is -0.146. The SMILES string of the molecule is O=C(NCCc1ccc(F)cc1)NCCC(O)C(=O)O. The molecule has 1 atom stereocenters. The second kappa shape index (κ2) is 8.11. The van der Waals surface area contributed by atoms with Crippen LogP contribution in [0.25, 0.3) is 0 Å². The van der Waals surface area contributed by atoms with Crippen LogP contribution in [-0.2, 0) is 11.2 Å². The molecule has 1 unspecified atom stereocenters. The third kappa shape index (κ3) is 6.14. The minimum absolute atomic E-state index is 0.0548. The van der Waals surface area contributed by atoms with Crippen molar-refractivity contribution < 1.29 is 24.2 Å². The van der Waals surface area contributed by atoms with Crippen molar-refractivity contribution >= 4 is 12.0 Å². The molecular weight excluding hydrogens is 267 g/mol. The number of carboxylic acids is 1. The van der Waals surface area contributed by atoms with Crippen LogP contribution in [-0.4, -0.2) is 41.4 Å². The normalized spacial score (nSPS) is 11.7. The van der Waals surface area contributed by atoms with Gasteiger partial charge in [0.25, 0.3) is 0 Å². The Morgan fingerprint density at radius 1 is 1.15 bits per heavy atom. The third-order valence-electron chi connectivity index (χ3n) is 2.60. The number of carbonyl (C=O) groups is 2. The topological polar surface area (TPSA) is 98.7 Å². The number of halogens is 1. The highest BCUT2D eigenvalue weighted by molar-refractivity contribution is 5.74. The molecule has 4 N–H and O–H groups in total. The van der Waals surface area contributed by atoms with E-state index in [0.29, 0.717) is 13.0 Å². The van der Waals surface area contributed by atoms with Crippen LogP contribution >= 0.6 is 0 Å². The third-order valence-corrected chi connectivity index (χ3v) is 2.60. The number of aliphatic carboxylic acids is 1. The average molecular weight is 284 g/mol. The van der Waals surface area contributed by atoms with Gasteiger partial charge in [-0.1, -0.05) is 12.1 Å². The molecule has 0 spiro atoms. The van der Waals surface area contributed by atoms with Crippen LogP contribution in [0, 0.1) is 5.82 Å². The fourth-order valence-corrected chi connectivity index (χ4v) is 1.48. The Labute approximate surface area is 115 Å². The van der Waals surface area contributed by atoms with Crippen molar-refractivity contribution in [2.45, 2.75) is 18.9 Å². The van der Waals surface area contributed by atoms with Gasteiger partial charge >= 0.3 is 12.0 Å². The molecule has 20 heavy (non-hydrogen) atoms. The molecule has 0 bridgehead atoms. The molecule has 0 aromatic heterocycles. The summed E-state index contributed by atoms with van der Waals surface area (Å²) in [6.07, 6.45) is -0.971. The number of urea groups is 1. The van der Waals surface area contributed by atoms with Crippen molar-refractivity contribution in [3.8, 4) is 0 Å². The number of carbonyl (C=O) groups excluding carboxylic acids is 1. The first-order valence-corrected chi connectivity index (χ1v) is 6.16. The van der Waals surface area contributed by atoms with E-state index in [9.17, 15) is 14.0 Å². The van der Waals surface area contributed by atoms with Crippen molar-refractivity contribution in [2.75, 3.05) is 13.1 Å². The molecular formula is C13H17FN2O4. The number of aliphatic hydroxyl groups excluding tert-OH is 1. The zero-order valence-electron chi connectivity index (χ0n) is 10.8. The number of hydrogen-bond donors (Lipinski definition) is 4. The van der Waals surface area contributed by atoms with Crippen LogP contribution in [0.15, 0.2) is 24.3 Å².